The lowest BCUT2D eigenvalue weighted by Crippen LogP contribution is -2.39. The van der Waals surface area contributed by atoms with Crippen LogP contribution < -0.4 is 5.32 Å². The van der Waals surface area contributed by atoms with Gasteiger partial charge in [0, 0.05) is 31.3 Å². The number of rotatable bonds is 2. The summed E-state index contributed by atoms with van der Waals surface area (Å²) >= 11 is 1.54. The van der Waals surface area contributed by atoms with E-state index in [9.17, 15) is 9.90 Å². The molecular weight excluding hydrogens is 290 g/mol. The number of hydrogen-bond donors (Lipinski definition) is 2. The maximum atomic E-state index is 12.3. The Morgan fingerprint density at radius 2 is 2.48 bits per heavy atom. The first-order valence-corrected chi connectivity index (χ1v) is 7.72. The standard InChI is InChI=1S/C14H17N3O3S/c18-7-10-6-17(3-4-20-8-10)14(19)16-11-1-2-12-13(5-11)21-9-15-12/h1-2,5,9-10,18H,3-4,6-8H2,(H,16,19)/t10-/m1/s1. The lowest BCUT2D eigenvalue weighted by atomic mass is 10.2. The van der Waals surface area contributed by atoms with Crippen LogP contribution in [0.15, 0.2) is 23.7 Å². The molecule has 1 atom stereocenters. The molecule has 112 valence electrons. The van der Waals surface area contributed by atoms with Crippen LogP contribution in [-0.4, -0.2) is 53.9 Å². The van der Waals surface area contributed by atoms with Gasteiger partial charge in [0.15, 0.2) is 0 Å². The fourth-order valence-corrected chi connectivity index (χ4v) is 3.03. The molecular formula is C14H17N3O3S. The summed E-state index contributed by atoms with van der Waals surface area (Å²) in [6.07, 6.45) is 0. The predicted molar refractivity (Wildman–Crippen MR) is 81.6 cm³/mol. The summed E-state index contributed by atoms with van der Waals surface area (Å²) < 4.78 is 6.43. The van der Waals surface area contributed by atoms with E-state index in [0.29, 0.717) is 26.3 Å². The highest BCUT2D eigenvalue weighted by molar-refractivity contribution is 7.16. The SMILES string of the molecule is O=C(Nc1ccc2ncsc2c1)N1CCOC[C@@H](CO)C1. The van der Waals surface area contributed by atoms with E-state index in [1.54, 1.807) is 21.7 Å². The second kappa shape index (κ2) is 6.38. The fourth-order valence-electron chi connectivity index (χ4n) is 2.31. The summed E-state index contributed by atoms with van der Waals surface area (Å²) in [5.74, 6) is -0.0257. The van der Waals surface area contributed by atoms with E-state index in [2.05, 4.69) is 10.3 Å². The van der Waals surface area contributed by atoms with Crippen LogP contribution in [0.25, 0.3) is 10.2 Å². The van der Waals surface area contributed by atoms with E-state index in [4.69, 9.17) is 4.74 Å². The van der Waals surface area contributed by atoms with Crippen molar-refractivity contribution in [3.05, 3.63) is 23.7 Å². The molecule has 2 amide bonds. The van der Waals surface area contributed by atoms with Crippen molar-refractivity contribution >= 4 is 33.3 Å². The zero-order valence-electron chi connectivity index (χ0n) is 11.5. The number of carbonyl (C=O) groups excluding carboxylic acids is 1. The number of thiazole rings is 1. The lowest BCUT2D eigenvalue weighted by Gasteiger charge is -2.23. The summed E-state index contributed by atoms with van der Waals surface area (Å²) in [5, 5.41) is 12.2. The Labute approximate surface area is 126 Å². The molecule has 2 N–H and O–H groups in total. The number of aromatic nitrogens is 1. The molecule has 0 radical (unpaired) electrons. The van der Waals surface area contributed by atoms with Gasteiger partial charge in [0.2, 0.25) is 0 Å². The second-order valence-electron chi connectivity index (χ2n) is 5.03. The number of aliphatic hydroxyl groups is 1. The molecule has 1 aliphatic rings. The van der Waals surface area contributed by atoms with Crippen molar-refractivity contribution in [2.24, 2.45) is 5.92 Å². The van der Waals surface area contributed by atoms with Gasteiger partial charge in [-0.3, -0.25) is 0 Å². The number of nitrogens with one attached hydrogen (secondary N) is 1. The van der Waals surface area contributed by atoms with E-state index in [1.807, 2.05) is 18.2 Å². The second-order valence-corrected chi connectivity index (χ2v) is 5.92. The summed E-state index contributed by atoms with van der Waals surface area (Å²) in [7, 11) is 0. The van der Waals surface area contributed by atoms with Crippen LogP contribution in [0.2, 0.25) is 0 Å². The Balaban J connectivity index is 1.69. The van der Waals surface area contributed by atoms with Crippen LogP contribution in [0.1, 0.15) is 0 Å². The molecule has 1 saturated heterocycles. The van der Waals surface area contributed by atoms with E-state index in [0.717, 1.165) is 15.9 Å². The third-order valence-electron chi connectivity index (χ3n) is 3.47. The maximum Gasteiger partial charge on any atom is 0.321 e. The predicted octanol–water partition coefficient (Wildman–Crippen LogP) is 1.77. The molecule has 7 heteroatoms. The van der Waals surface area contributed by atoms with E-state index < -0.39 is 0 Å². The van der Waals surface area contributed by atoms with Gasteiger partial charge in [0.1, 0.15) is 0 Å². The lowest BCUT2D eigenvalue weighted by molar-refractivity contribution is 0.0958. The average Bonchev–Trinajstić information content (AvgIpc) is 2.82. The molecule has 2 aromatic rings. The molecule has 6 nitrogen and oxygen atoms in total. The molecule has 1 aromatic carbocycles. The first-order valence-electron chi connectivity index (χ1n) is 6.84. The van der Waals surface area contributed by atoms with Gasteiger partial charge in [0.25, 0.3) is 0 Å². The molecule has 0 unspecified atom stereocenters. The zero-order chi connectivity index (χ0) is 14.7. The molecule has 1 aromatic heterocycles. The van der Waals surface area contributed by atoms with Gasteiger partial charge in [0.05, 0.1) is 28.9 Å². The zero-order valence-corrected chi connectivity index (χ0v) is 12.3. The minimum Gasteiger partial charge on any atom is -0.396 e. The van der Waals surface area contributed by atoms with Gasteiger partial charge in [-0.05, 0) is 18.2 Å². The molecule has 0 spiro atoms. The molecule has 0 aliphatic carbocycles. The highest BCUT2D eigenvalue weighted by Gasteiger charge is 2.22. The number of urea groups is 1. The van der Waals surface area contributed by atoms with Crippen LogP contribution in [0.3, 0.4) is 0 Å². The van der Waals surface area contributed by atoms with Crippen LogP contribution in [0, 0.1) is 5.92 Å². The highest BCUT2D eigenvalue weighted by Crippen LogP contribution is 2.22. The van der Waals surface area contributed by atoms with Crippen molar-refractivity contribution in [2.75, 3.05) is 38.2 Å². The molecule has 21 heavy (non-hydrogen) atoms. The Kier molecular flexibility index (Phi) is 4.33. The topological polar surface area (TPSA) is 74.7 Å². The fraction of sp³-hybridized carbons (Fsp3) is 0.429. The summed E-state index contributed by atoms with van der Waals surface area (Å²) in [5.41, 5.74) is 3.47. The third kappa shape index (κ3) is 3.31. The Morgan fingerprint density at radius 3 is 3.33 bits per heavy atom. The van der Waals surface area contributed by atoms with Crippen LogP contribution >= 0.6 is 11.3 Å². The molecule has 1 aliphatic heterocycles. The van der Waals surface area contributed by atoms with Crippen molar-refractivity contribution < 1.29 is 14.6 Å². The van der Waals surface area contributed by atoms with Crippen molar-refractivity contribution in [1.82, 2.24) is 9.88 Å². The number of amides is 2. The maximum absolute atomic E-state index is 12.3. The van der Waals surface area contributed by atoms with Gasteiger partial charge in [-0.1, -0.05) is 0 Å². The minimum absolute atomic E-state index is 0.0244. The molecule has 0 bridgehead atoms. The van der Waals surface area contributed by atoms with Gasteiger partial charge in [-0.2, -0.15) is 0 Å². The van der Waals surface area contributed by atoms with Gasteiger partial charge < -0.3 is 20.1 Å². The van der Waals surface area contributed by atoms with Crippen LogP contribution in [0.5, 0.6) is 0 Å². The number of aliphatic hydroxyl groups excluding tert-OH is 1. The normalized spacial score (nSPS) is 19.5. The minimum atomic E-state index is -0.164. The third-order valence-corrected chi connectivity index (χ3v) is 4.26. The number of ether oxygens (including phenoxy) is 1. The van der Waals surface area contributed by atoms with Crippen LogP contribution in [-0.2, 0) is 4.74 Å². The number of fused-ring (bicyclic) bond motifs is 1. The smallest absolute Gasteiger partial charge is 0.321 e. The number of nitrogens with zero attached hydrogens (tertiary/aromatic N) is 2. The van der Waals surface area contributed by atoms with Crippen molar-refractivity contribution in [3.8, 4) is 0 Å². The van der Waals surface area contributed by atoms with E-state index in [1.165, 1.54) is 0 Å². The van der Waals surface area contributed by atoms with Gasteiger partial charge in [-0.15, -0.1) is 11.3 Å². The summed E-state index contributed by atoms with van der Waals surface area (Å²) in [4.78, 5) is 18.2. The Hall–Kier alpha value is -1.70. The summed E-state index contributed by atoms with van der Waals surface area (Å²) in [6.45, 7) is 2.05. The molecule has 0 saturated carbocycles. The number of carbonyl (C=O) groups is 1. The number of hydrogen-bond acceptors (Lipinski definition) is 5. The number of anilines is 1. The molecule has 2 heterocycles. The van der Waals surface area contributed by atoms with Gasteiger partial charge >= 0.3 is 6.03 Å². The van der Waals surface area contributed by atoms with Crippen molar-refractivity contribution in [2.45, 2.75) is 0 Å². The number of benzene rings is 1. The summed E-state index contributed by atoms with van der Waals surface area (Å²) in [6, 6.07) is 5.49. The van der Waals surface area contributed by atoms with Crippen LogP contribution in [0.4, 0.5) is 10.5 Å². The monoisotopic (exact) mass is 307 g/mol. The highest BCUT2D eigenvalue weighted by atomic mass is 32.1. The largest absolute Gasteiger partial charge is 0.396 e. The quantitative estimate of drug-likeness (QED) is 0.886. The molecule has 3 rings (SSSR count). The van der Waals surface area contributed by atoms with Crippen molar-refractivity contribution in [1.29, 1.82) is 0 Å². The van der Waals surface area contributed by atoms with Crippen molar-refractivity contribution in [3.63, 3.8) is 0 Å². The van der Waals surface area contributed by atoms with E-state index >= 15 is 0 Å². The van der Waals surface area contributed by atoms with E-state index in [-0.39, 0.29) is 18.6 Å². The molecule has 1 fully saturated rings. The Morgan fingerprint density at radius 1 is 1.57 bits per heavy atom. The first-order chi connectivity index (χ1) is 10.3. The Bertz CT molecular complexity index is 631. The van der Waals surface area contributed by atoms with Gasteiger partial charge in [-0.25, -0.2) is 9.78 Å². The first kappa shape index (κ1) is 14.2. The average molecular weight is 307 g/mol.